The van der Waals surface area contributed by atoms with Gasteiger partial charge in [-0.2, -0.15) is 5.10 Å². The maximum Gasteiger partial charge on any atom is 0.264 e. The molecule has 154 valence electrons. The second-order valence-corrected chi connectivity index (χ2v) is 8.89. The van der Waals surface area contributed by atoms with Crippen molar-refractivity contribution < 1.29 is 13.2 Å². The monoisotopic (exact) mass is 461 g/mol. The molecule has 0 radical (unpaired) electrons. The van der Waals surface area contributed by atoms with Crippen molar-refractivity contribution >= 4 is 51.0 Å². The Balaban J connectivity index is 1.83. The van der Waals surface area contributed by atoms with Crippen LogP contribution in [0.5, 0.6) is 0 Å². The van der Waals surface area contributed by atoms with Crippen molar-refractivity contribution in [3.63, 3.8) is 0 Å². The smallest absolute Gasteiger partial charge is 0.264 e. The summed E-state index contributed by atoms with van der Waals surface area (Å²) in [6.07, 6.45) is 1.42. The van der Waals surface area contributed by atoms with Crippen LogP contribution in [0.1, 0.15) is 5.56 Å². The van der Waals surface area contributed by atoms with E-state index >= 15 is 0 Å². The first-order chi connectivity index (χ1) is 14.4. The summed E-state index contributed by atoms with van der Waals surface area (Å²) in [5, 5.41) is 4.75. The molecule has 30 heavy (non-hydrogen) atoms. The van der Waals surface area contributed by atoms with Gasteiger partial charge in [0.2, 0.25) is 0 Å². The standard InChI is InChI=1S/C21H17Cl2N3O3S/c22-17-7-4-6-16(12-17)14-24-25-21(27)15-26(19-9-5-8-18(23)13-19)30(28,29)20-10-2-1-3-11-20/h1-14H,15H2,(H,25,27)/b24-14+. The van der Waals surface area contributed by atoms with Crippen LogP contribution in [0, 0.1) is 0 Å². The van der Waals surface area contributed by atoms with E-state index < -0.39 is 22.5 Å². The minimum atomic E-state index is -4.00. The maximum atomic E-state index is 13.2. The molecule has 3 aromatic carbocycles. The van der Waals surface area contributed by atoms with Gasteiger partial charge in [-0.1, -0.05) is 59.6 Å². The Bertz CT molecular complexity index is 1170. The fourth-order valence-corrected chi connectivity index (χ4v) is 4.41. The largest absolute Gasteiger partial charge is 0.271 e. The number of hydrogen-bond acceptors (Lipinski definition) is 4. The molecule has 0 heterocycles. The number of nitrogens with one attached hydrogen (secondary N) is 1. The fraction of sp³-hybridized carbons (Fsp3) is 0.0476. The summed E-state index contributed by atoms with van der Waals surface area (Å²) in [5.41, 5.74) is 3.29. The van der Waals surface area contributed by atoms with Crippen molar-refractivity contribution in [2.24, 2.45) is 5.10 Å². The minimum Gasteiger partial charge on any atom is -0.271 e. The van der Waals surface area contributed by atoms with Gasteiger partial charge in [0.25, 0.3) is 15.9 Å². The summed E-state index contributed by atoms with van der Waals surface area (Å²) < 4.78 is 27.3. The van der Waals surface area contributed by atoms with Crippen molar-refractivity contribution in [1.29, 1.82) is 0 Å². The Hall–Kier alpha value is -2.87. The molecule has 0 atom stereocenters. The molecule has 0 bridgehead atoms. The van der Waals surface area contributed by atoms with Crippen LogP contribution in [0.4, 0.5) is 5.69 Å². The third-order valence-corrected chi connectivity index (χ3v) is 6.22. The fourth-order valence-electron chi connectivity index (χ4n) is 2.60. The highest BCUT2D eigenvalue weighted by Gasteiger charge is 2.27. The van der Waals surface area contributed by atoms with Crippen LogP contribution in [0.25, 0.3) is 0 Å². The van der Waals surface area contributed by atoms with Crippen molar-refractivity contribution in [2.45, 2.75) is 4.90 Å². The van der Waals surface area contributed by atoms with Gasteiger partial charge in [0.1, 0.15) is 6.54 Å². The van der Waals surface area contributed by atoms with Gasteiger partial charge >= 0.3 is 0 Å². The highest BCUT2D eigenvalue weighted by Crippen LogP contribution is 2.25. The minimum absolute atomic E-state index is 0.0557. The number of hydrazone groups is 1. The van der Waals surface area contributed by atoms with Crippen LogP contribution in [0.3, 0.4) is 0 Å². The molecule has 1 N–H and O–H groups in total. The SMILES string of the molecule is O=C(CN(c1cccc(Cl)c1)S(=O)(=O)c1ccccc1)N/N=C/c1cccc(Cl)c1. The zero-order valence-electron chi connectivity index (χ0n) is 15.6. The van der Waals surface area contributed by atoms with E-state index in [-0.39, 0.29) is 10.6 Å². The third kappa shape index (κ3) is 5.60. The first-order valence-corrected chi connectivity index (χ1v) is 11.0. The molecule has 3 rings (SSSR count). The van der Waals surface area contributed by atoms with Crippen LogP contribution in [-0.4, -0.2) is 27.1 Å². The van der Waals surface area contributed by atoms with Crippen LogP contribution < -0.4 is 9.73 Å². The molecule has 0 fully saturated rings. The highest BCUT2D eigenvalue weighted by atomic mass is 35.5. The molecule has 0 saturated carbocycles. The lowest BCUT2D eigenvalue weighted by Crippen LogP contribution is -2.39. The molecule has 0 aliphatic rings. The van der Waals surface area contributed by atoms with Crippen molar-refractivity contribution in [3.8, 4) is 0 Å². The summed E-state index contributed by atoms with van der Waals surface area (Å²) in [4.78, 5) is 12.5. The third-order valence-electron chi connectivity index (χ3n) is 3.97. The molecule has 3 aromatic rings. The van der Waals surface area contributed by atoms with Gasteiger partial charge in [0, 0.05) is 10.0 Å². The summed E-state index contributed by atoms with van der Waals surface area (Å²) >= 11 is 11.9. The second-order valence-electron chi connectivity index (χ2n) is 6.15. The first-order valence-electron chi connectivity index (χ1n) is 8.77. The Kier molecular flexibility index (Phi) is 7.10. The van der Waals surface area contributed by atoms with Gasteiger partial charge in [0.15, 0.2) is 0 Å². The van der Waals surface area contributed by atoms with Gasteiger partial charge in [-0.25, -0.2) is 13.8 Å². The van der Waals surface area contributed by atoms with Crippen LogP contribution in [0.2, 0.25) is 10.0 Å². The number of anilines is 1. The van der Waals surface area contributed by atoms with Gasteiger partial charge in [0.05, 0.1) is 16.8 Å². The summed E-state index contributed by atoms with van der Waals surface area (Å²) in [6, 6.07) is 21.0. The van der Waals surface area contributed by atoms with E-state index in [0.717, 1.165) is 4.31 Å². The predicted octanol–water partition coefficient (Wildman–Crippen LogP) is 4.34. The van der Waals surface area contributed by atoms with Crippen molar-refractivity contribution in [2.75, 3.05) is 10.8 Å². The molecule has 0 saturated heterocycles. The molecule has 0 aliphatic carbocycles. The topological polar surface area (TPSA) is 78.8 Å². The molecule has 9 heteroatoms. The molecule has 0 aromatic heterocycles. The highest BCUT2D eigenvalue weighted by molar-refractivity contribution is 7.92. The zero-order chi connectivity index (χ0) is 21.6. The Morgan fingerprint density at radius 3 is 2.27 bits per heavy atom. The normalized spacial score (nSPS) is 11.4. The molecular weight excluding hydrogens is 445 g/mol. The Morgan fingerprint density at radius 2 is 1.60 bits per heavy atom. The van der Waals surface area contributed by atoms with Gasteiger partial charge in [-0.15, -0.1) is 0 Å². The van der Waals surface area contributed by atoms with Crippen LogP contribution >= 0.6 is 23.2 Å². The average molecular weight is 462 g/mol. The number of halogens is 2. The lowest BCUT2D eigenvalue weighted by atomic mass is 10.2. The maximum absolute atomic E-state index is 13.2. The van der Waals surface area contributed by atoms with Crippen molar-refractivity contribution in [3.05, 3.63) is 94.5 Å². The van der Waals surface area contributed by atoms with Gasteiger partial charge in [-0.05, 0) is 48.0 Å². The number of sulfonamides is 1. The quantitative estimate of drug-likeness (QED) is 0.419. The Morgan fingerprint density at radius 1 is 0.933 bits per heavy atom. The summed E-state index contributed by atoms with van der Waals surface area (Å²) in [6.45, 7) is -0.482. The lowest BCUT2D eigenvalue weighted by Gasteiger charge is -2.23. The zero-order valence-corrected chi connectivity index (χ0v) is 17.9. The molecule has 6 nitrogen and oxygen atoms in total. The van der Waals surface area contributed by atoms with Crippen LogP contribution in [0.15, 0.2) is 88.9 Å². The second kappa shape index (κ2) is 9.75. The van der Waals surface area contributed by atoms with E-state index in [1.807, 2.05) is 0 Å². The predicted molar refractivity (Wildman–Crippen MR) is 120 cm³/mol. The molecule has 0 unspecified atom stereocenters. The molecule has 0 aliphatic heterocycles. The number of amides is 1. The average Bonchev–Trinajstić information content (AvgIpc) is 2.72. The summed E-state index contributed by atoms with van der Waals surface area (Å²) in [7, 11) is -4.00. The Labute approximate surface area is 184 Å². The molecule has 1 amide bonds. The number of carbonyl (C=O) groups excluding carboxylic acids is 1. The number of rotatable bonds is 7. The van der Waals surface area contributed by atoms with E-state index in [1.54, 1.807) is 60.7 Å². The van der Waals surface area contributed by atoms with Crippen LogP contribution in [-0.2, 0) is 14.8 Å². The first kappa shape index (κ1) is 21.8. The van der Waals surface area contributed by atoms with E-state index in [0.29, 0.717) is 15.6 Å². The number of nitrogens with zero attached hydrogens (tertiary/aromatic N) is 2. The van der Waals surface area contributed by atoms with E-state index in [2.05, 4.69) is 10.5 Å². The van der Waals surface area contributed by atoms with Gasteiger partial charge < -0.3 is 0 Å². The molecule has 0 spiro atoms. The number of benzene rings is 3. The van der Waals surface area contributed by atoms with E-state index in [9.17, 15) is 13.2 Å². The number of hydrogen-bond donors (Lipinski definition) is 1. The molecular formula is C21H17Cl2N3O3S. The lowest BCUT2D eigenvalue weighted by molar-refractivity contribution is -0.119. The van der Waals surface area contributed by atoms with E-state index in [4.69, 9.17) is 23.2 Å². The van der Waals surface area contributed by atoms with Crippen molar-refractivity contribution in [1.82, 2.24) is 5.43 Å². The summed E-state index contributed by atoms with van der Waals surface area (Å²) in [5.74, 6) is -0.618. The van der Waals surface area contributed by atoms with Gasteiger partial charge in [-0.3, -0.25) is 9.10 Å². The van der Waals surface area contributed by atoms with E-state index in [1.165, 1.54) is 24.4 Å². The number of carbonyl (C=O) groups is 1.